The SMILES string of the molecule is CCNc1ccc(-c2ccc(-c3cc4cc(OC)ncc4n3COc3cc(-c4ccc(NC)nc4)ccc3-c3cc4cc(F)ncc4[nH]3)cc2)cc1F. The average Bonchev–Trinajstić information content (AvgIpc) is 3.78. The molecule has 8 aromatic rings. The second-order valence-electron chi connectivity index (χ2n) is 12.5. The molecule has 11 heteroatoms. The molecule has 5 heterocycles. The van der Waals surface area contributed by atoms with Gasteiger partial charge in [0.15, 0.2) is 6.73 Å². The molecule has 53 heavy (non-hydrogen) atoms. The molecule has 264 valence electrons. The lowest BCUT2D eigenvalue weighted by atomic mass is 10.0. The molecule has 0 fully saturated rings. The Morgan fingerprint density at radius 2 is 1.51 bits per heavy atom. The van der Waals surface area contributed by atoms with Crippen LogP contribution < -0.4 is 20.1 Å². The van der Waals surface area contributed by atoms with Gasteiger partial charge in [0.25, 0.3) is 0 Å². The van der Waals surface area contributed by atoms with E-state index in [9.17, 15) is 8.78 Å². The fourth-order valence-electron chi connectivity index (χ4n) is 6.53. The summed E-state index contributed by atoms with van der Waals surface area (Å²) in [6, 6.07) is 30.4. The van der Waals surface area contributed by atoms with Crippen LogP contribution in [0, 0.1) is 11.8 Å². The van der Waals surface area contributed by atoms with Crippen LogP contribution in [0.15, 0.2) is 116 Å². The first kappa shape index (κ1) is 33.4. The van der Waals surface area contributed by atoms with Gasteiger partial charge in [-0.1, -0.05) is 36.4 Å². The van der Waals surface area contributed by atoms with Gasteiger partial charge in [-0.25, -0.2) is 19.3 Å². The number of nitrogens with zero attached hydrogens (tertiary/aromatic N) is 4. The summed E-state index contributed by atoms with van der Waals surface area (Å²) in [5.41, 5.74) is 8.93. The molecular weight excluding hydrogens is 673 g/mol. The number of methoxy groups -OCH3 is 1. The van der Waals surface area contributed by atoms with Crippen LogP contribution in [0.25, 0.3) is 66.6 Å². The van der Waals surface area contributed by atoms with Crippen molar-refractivity contribution in [1.29, 1.82) is 0 Å². The second kappa shape index (κ2) is 14.1. The number of aromatic nitrogens is 5. The van der Waals surface area contributed by atoms with Gasteiger partial charge < -0.3 is 29.7 Å². The maximum Gasteiger partial charge on any atom is 0.213 e. The van der Waals surface area contributed by atoms with Gasteiger partial charge in [-0.3, -0.25) is 0 Å². The number of fused-ring (bicyclic) bond motifs is 2. The average molecular weight is 708 g/mol. The standard InChI is InChI=1S/C42H35F2N7O2/c1-4-46-34-13-10-27(15-33(34)43)25-5-7-26(8-6-25)37-17-31-20-42(52-3)49-23-38(31)51(37)24-53-39-18-28(29-11-14-41(45-2)48-21-29)9-12-32(39)35-16-30-19-40(44)47-22-36(30)50-35/h5-23,46,50H,4,24H2,1-3H3,(H,45,48). The van der Waals surface area contributed by atoms with Gasteiger partial charge in [0.05, 0.1) is 47.6 Å². The molecule has 5 aromatic heterocycles. The summed E-state index contributed by atoms with van der Waals surface area (Å²) in [7, 11) is 3.42. The van der Waals surface area contributed by atoms with Gasteiger partial charge in [-0.2, -0.15) is 4.39 Å². The second-order valence-corrected chi connectivity index (χ2v) is 12.5. The van der Waals surface area contributed by atoms with E-state index in [0.29, 0.717) is 34.8 Å². The highest BCUT2D eigenvalue weighted by Crippen LogP contribution is 2.37. The molecule has 0 amide bonds. The summed E-state index contributed by atoms with van der Waals surface area (Å²) in [5.74, 6) is 1.02. The molecule has 0 saturated carbocycles. The van der Waals surface area contributed by atoms with Crippen molar-refractivity contribution in [1.82, 2.24) is 24.5 Å². The number of hydrogen-bond donors (Lipinski definition) is 3. The van der Waals surface area contributed by atoms with Gasteiger partial charge in [0.1, 0.15) is 17.4 Å². The topological polar surface area (TPSA) is 102 Å². The van der Waals surface area contributed by atoms with Crippen LogP contribution in [0.2, 0.25) is 0 Å². The molecule has 9 nitrogen and oxygen atoms in total. The number of H-pyrrole nitrogens is 1. The number of anilines is 2. The molecule has 0 saturated heterocycles. The first-order valence-electron chi connectivity index (χ1n) is 17.1. The van der Waals surface area contributed by atoms with Crippen molar-refractivity contribution in [2.24, 2.45) is 0 Å². The van der Waals surface area contributed by atoms with Crippen LogP contribution >= 0.6 is 0 Å². The zero-order valence-corrected chi connectivity index (χ0v) is 29.2. The highest BCUT2D eigenvalue weighted by atomic mass is 19.1. The maximum absolute atomic E-state index is 14.8. The maximum atomic E-state index is 14.8. The Bertz CT molecular complexity index is 2580. The fraction of sp³-hybridized carbons (Fsp3) is 0.119. The summed E-state index contributed by atoms with van der Waals surface area (Å²) in [5, 5.41) is 7.73. The molecule has 0 aliphatic carbocycles. The van der Waals surface area contributed by atoms with Crippen LogP contribution in [0.3, 0.4) is 0 Å². The number of aromatic amines is 1. The predicted octanol–water partition coefficient (Wildman–Crippen LogP) is 9.77. The molecule has 0 spiro atoms. The van der Waals surface area contributed by atoms with E-state index >= 15 is 0 Å². The van der Waals surface area contributed by atoms with E-state index in [4.69, 9.17) is 9.47 Å². The molecule has 0 aliphatic heterocycles. The number of nitrogens with one attached hydrogen (secondary N) is 3. The highest BCUT2D eigenvalue weighted by molar-refractivity contribution is 5.89. The van der Waals surface area contributed by atoms with Gasteiger partial charge in [-0.05, 0) is 77.7 Å². The Hall–Kier alpha value is -6.75. The minimum Gasteiger partial charge on any atom is -0.481 e. The molecule has 8 rings (SSSR count). The van der Waals surface area contributed by atoms with Crippen LogP contribution in [-0.4, -0.2) is 45.2 Å². The van der Waals surface area contributed by atoms with Crippen molar-refractivity contribution < 1.29 is 18.3 Å². The summed E-state index contributed by atoms with van der Waals surface area (Å²) in [6.45, 7) is 2.71. The Morgan fingerprint density at radius 3 is 2.26 bits per heavy atom. The first-order valence-corrected chi connectivity index (χ1v) is 17.1. The summed E-state index contributed by atoms with van der Waals surface area (Å²) >= 11 is 0. The largest absolute Gasteiger partial charge is 0.481 e. The first-order chi connectivity index (χ1) is 25.9. The Morgan fingerprint density at radius 1 is 0.736 bits per heavy atom. The molecule has 0 unspecified atom stereocenters. The molecule has 0 aliphatic rings. The van der Waals surface area contributed by atoms with Crippen molar-refractivity contribution in [3.63, 3.8) is 0 Å². The molecule has 3 aromatic carbocycles. The molecule has 0 atom stereocenters. The monoisotopic (exact) mass is 707 g/mol. The Labute approximate surface area is 304 Å². The lowest BCUT2D eigenvalue weighted by Crippen LogP contribution is -2.07. The van der Waals surface area contributed by atoms with Gasteiger partial charge >= 0.3 is 0 Å². The van der Waals surface area contributed by atoms with Crippen molar-refractivity contribution in [2.75, 3.05) is 31.3 Å². The smallest absolute Gasteiger partial charge is 0.213 e. The molecule has 0 radical (unpaired) electrons. The lowest BCUT2D eigenvalue weighted by Gasteiger charge is -2.16. The zero-order chi connectivity index (χ0) is 36.5. The van der Waals surface area contributed by atoms with Gasteiger partial charge in [-0.15, -0.1) is 0 Å². The van der Waals surface area contributed by atoms with Crippen molar-refractivity contribution in [3.05, 3.63) is 127 Å². The number of halogens is 2. The van der Waals surface area contributed by atoms with E-state index in [1.807, 2.05) is 93.0 Å². The zero-order valence-electron chi connectivity index (χ0n) is 29.2. The van der Waals surface area contributed by atoms with E-state index in [2.05, 4.69) is 41.2 Å². The number of hydrogen-bond acceptors (Lipinski definition) is 7. The van der Waals surface area contributed by atoms with Crippen LogP contribution in [0.4, 0.5) is 20.3 Å². The number of pyridine rings is 3. The van der Waals surface area contributed by atoms with Crippen molar-refractivity contribution in [2.45, 2.75) is 13.7 Å². The van der Waals surface area contributed by atoms with Crippen LogP contribution in [0.1, 0.15) is 6.92 Å². The predicted molar refractivity (Wildman–Crippen MR) is 206 cm³/mol. The van der Waals surface area contributed by atoms with Crippen molar-refractivity contribution in [3.8, 4) is 56.4 Å². The molecule has 3 N–H and O–H groups in total. The fourth-order valence-corrected chi connectivity index (χ4v) is 6.53. The normalized spacial score (nSPS) is 11.3. The molecular formula is C42H35F2N7O2. The third-order valence-corrected chi connectivity index (χ3v) is 9.27. The molecule has 0 bridgehead atoms. The highest BCUT2D eigenvalue weighted by Gasteiger charge is 2.17. The van der Waals surface area contributed by atoms with E-state index in [-0.39, 0.29) is 12.5 Å². The number of ether oxygens (including phenoxy) is 2. The summed E-state index contributed by atoms with van der Waals surface area (Å²) in [4.78, 5) is 16.2. The van der Waals surface area contributed by atoms with Crippen LogP contribution in [0.5, 0.6) is 11.6 Å². The Balaban J connectivity index is 1.18. The Kier molecular flexibility index (Phi) is 8.89. The van der Waals surface area contributed by atoms with E-state index in [1.165, 1.54) is 12.3 Å². The van der Waals surface area contributed by atoms with Gasteiger partial charge in [0.2, 0.25) is 11.8 Å². The third-order valence-electron chi connectivity index (χ3n) is 9.27. The minimum atomic E-state index is -0.549. The minimum absolute atomic E-state index is 0.134. The van der Waals surface area contributed by atoms with Crippen molar-refractivity contribution >= 4 is 33.3 Å². The quantitative estimate of drug-likeness (QED) is 0.115. The van der Waals surface area contributed by atoms with Crippen LogP contribution in [-0.2, 0) is 6.73 Å². The summed E-state index contributed by atoms with van der Waals surface area (Å²) in [6.07, 6.45) is 5.07. The number of benzene rings is 3. The number of rotatable bonds is 11. The lowest BCUT2D eigenvalue weighted by molar-refractivity contribution is 0.244. The van der Waals surface area contributed by atoms with Gasteiger partial charge in [0, 0.05) is 53.8 Å². The third kappa shape index (κ3) is 6.60. The van der Waals surface area contributed by atoms with E-state index < -0.39 is 5.95 Å². The van der Waals surface area contributed by atoms with E-state index in [0.717, 1.165) is 61.5 Å². The summed E-state index contributed by atoms with van der Waals surface area (Å²) < 4.78 is 43.0. The van der Waals surface area contributed by atoms with E-state index in [1.54, 1.807) is 25.4 Å².